The molecule has 0 aliphatic rings. The minimum absolute atomic E-state index is 0. The average molecular weight is 265 g/mol. The van der Waals surface area contributed by atoms with Crippen LogP contribution in [0.1, 0.15) is 10.4 Å². The maximum absolute atomic E-state index is 13.3. The molecule has 0 bridgehead atoms. The van der Waals surface area contributed by atoms with E-state index >= 15 is 0 Å². The number of benzene rings is 1. The van der Waals surface area contributed by atoms with E-state index in [-0.39, 0.29) is 18.0 Å². The summed E-state index contributed by atoms with van der Waals surface area (Å²) in [5.41, 5.74) is -0.237. The highest BCUT2D eigenvalue weighted by Gasteiger charge is 2.16. The summed E-state index contributed by atoms with van der Waals surface area (Å²) in [6.07, 6.45) is 0. The Kier molecular flexibility index (Phi) is 6.68. The summed E-state index contributed by atoms with van der Waals surface area (Å²) in [5.74, 6) is -1.85. The molecule has 0 fully saturated rings. The van der Waals surface area contributed by atoms with Crippen molar-refractivity contribution in [2.75, 3.05) is 27.2 Å². The van der Waals surface area contributed by atoms with E-state index in [4.69, 9.17) is 0 Å². The summed E-state index contributed by atoms with van der Waals surface area (Å²) in [4.78, 5) is 13.1. The van der Waals surface area contributed by atoms with Gasteiger partial charge in [0.25, 0.3) is 5.91 Å². The predicted molar refractivity (Wildman–Crippen MR) is 64.5 cm³/mol. The first-order valence-corrected chi connectivity index (χ1v) is 4.91. The lowest BCUT2D eigenvalue weighted by molar-refractivity contribution is 0.0791. The molecule has 1 rings (SSSR count). The fourth-order valence-corrected chi connectivity index (χ4v) is 1.25. The van der Waals surface area contributed by atoms with Crippen LogP contribution in [-0.2, 0) is 0 Å². The molecular formula is C11H15ClF2N2O. The van der Waals surface area contributed by atoms with Gasteiger partial charge in [0.1, 0.15) is 11.6 Å². The number of carbonyl (C=O) groups excluding carboxylic acids is 1. The minimum Gasteiger partial charge on any atom is -0.340 e. The van der Waals surface area contributed by atoms with E-state index in [1.54, 1.807) is 14.1 Å². The van der Waals surface area contributed by atoms with E-state index in [1.165, 1.54) is 4.90 Å². The third-order valence-corrected chi connectivity index (χ3v) is 2.20. The predicted octanol–water partition coefficient (Wildman–Crippen LogP) is 1.68. The number of likely N-dealkylation sites (N-methyl/N-ethyl adjacent to an activating group) is 2. The molecule has 17 heavy (non-hydrogen) atoms. The molecule has 0 atom stereocenters. The van der Waals surface area contributed by atoms with Gasteiger partial charge in [-0.25, -0.2) is 8.78 Å². The highest BCUT2D eigenvalue weighted by molar-refractivity contribution is 5.94. The fraction of sp³-hybridized carbons (Fsp3) is 0.364. The molecular weight excluding hydrogens is 250 g/mol. The summed E-state index contributed by atoms with van der Waals surface area (Å²) in [6, 6.07) is 2.85. The van der Waals surface area contributed by atoms with E-state index in [0.29, 0.717) is 13.1 Å². The molecule has 0 aromatic heterocycles. The third kappa shape index (κ3) is 4.28. The van der Waals surface area contributed by atoms with Gasteiger partial charge < -0.3 is 10.2 Å². The average Bonchev–Trinajstić information content (AvgIpc) is 2.28. The Labute approximate surface area is 105 Å². The lowest BCUT2D eigenvalue weighted by Gasteiger charge is -2.17. The highest BCUT2D eigenvalue weighted by atomic mass is 35.5. The SMILES string of the molecule is CNCCN(C)C(=O)c1cc(F)ccc1F.Cl. The van der Waals surface area contributed by atoms with Crippen LogP contribution >= 0.6 is 12.4 Å². The molecule has 0 spiro atoms. The maximum Gasteiger partial charge on any atom is 0.256 e. The van der Waals surface area contributed by atoms with Crippen molar-refractivity contribution < 1.29 is 13.6 Å². The van der Waals surface area contributed by atoms with Crippen LogP contribution in [0.2, 0.25) is 0 Å². The molecule has 6 heteroatoms. The van der Waals surface area contributed by atoms with Crippen molar-refractivity contribution in [3.63, 3.8) is 0 Å². The first-order chi connectivity index (χ1) is 7.56. The first kappa shape index (κ1) is 15.8. The van der Waals surface area contributed by atoms with Gasteiger partial charge in [0.05, 0.1) is 5.56 Å². The van der Waals surface area contributed by atoms with Crippen LogP contribution in [0, 0.1) is 11.6 Å². The van der Waals surface area contributed by atoms with Crippen molar-refractivity contribution in [2.45, 2.75) is 0 Å². The Morgan fingerprint density at radius 2 is 2.06 bits per heavy atom. The van der Waals surface area contributed by atoms with Gasteiger partial charge in [0.2, 0.25) is 0 Å². The number of rotatable bonds is 4. The van der Waals surface area contributed by atoms with E-state index in [0.717, 1.165) is 18.2 Å². The molecule has 0 heterocycles. The molecule has 0 saturated carbocycles. The second-order valence-corrected chi connectivity index (χ2v) is 3.45. The second kappa shape index (κ2) is 7.19. The zero-order valence-electron chi connectivity index (χ0n) is 9.67. The Morgan fingerprint density at radius 1 is 1.41 bits per heavy atom. The van der Waals surface area contributed by atoms with Gasteiger partial charge in [-0.15, -0.1) is 12.4 Å². The first-order valence-electron chi connectivity index (χ1n) is 4.91. The van der Waals surface area contributed by atoms with Crippen molar-refractivity contribution in [3.05, 3.63) is 35.4 Å². The van der Waals surface area contributed by atoms with Crippen molar-refractivity contribution in [1.82, 2.24) is 10.2 Å². The van der Waals surface area contributed by atoms with Gasteiger partial charge in [-0.05, 0) is 25.2 Å². The molecule has 96 valence electrons. The van der Waals surface area contributed by atoms with Crippen LogP contribution in [0.25, 0.3) is 0 Å². The van der Waals surface area contributed by atoms with E-state index < -0.39 is 17.5 Å². The quantitative estimate of drug-likeness (QED) is 0.897. The number of halogens is 3. The molecule has 3 nitrogen and oxygen atoms in total. The molecule has 0 saturated heterocycles. The highest BCUT2D eigenvalue weighted by Crippen LogP contribution is 2.11. The normalized spacial score (nSPS) is 9.65. The smallest absolute Gasteiger partial charge is 0.256 e. The maximum atomic E-state index is 13.3. The van der Waals surface area contributed by atoms with Crippen LogP contribution in [0.4, 0.5) is 8.78 Å². The van der Waals surface area contributed by atoms with Crippen LogP contribution in [0.15, 0.2) is 18.2 Å². The van der Waals surface area contributed by atoms with Crippen LogP contribution in [-0.4, -0.2) is 38.0 Å². The van der Waals surface area contributed by atoms with Crippen molar-refractivity contribution >= 4 is 18.3 Å². The van der Waals surface area contributed by atoms with Crippen LogP contribution < -0.4 is 5.32 Å². The Balaban J connectivity index is 0.00000256. The lowest BCUT2D eigenvalue weighted by atomic mass is 10.2. The van der Waals surface area contributed by atoms with Crippen LogP contribution in [0.3, 0.4) is 0 Å². The molecule has 0 aliphatic carbocycles. The van der Waals surface area contributed by atoms with Gasteiger partial charge in [-0.1, -0.05) is 0 Å². The van der Waals surface area contributed by atoms with Crippen molar-refractivity contribution in [1.29, 1.82) is 0 Å². The number of nitrogens with zero attached hydrogens (tertiary/aromatic N) is 1. The Hall–Kier alpha value is -1.20. The number of hydrogen-bond donors (Lipinski definition) is 1. The number of carbonyl (C=O) groups is 1. The van der Waals surface area contributed by atoms with Gasteiger partial charge >= 0.3 is 0 Å². The standard InChI is InChI=1S/C11H14F2N2O.ClH/c1-14-5-6-15(2)11(16)9-7-8(12)3-4-10(9)13;/h3-4,7,14H,5-6H2,1-2H3;1H. The van der Waals surface area contributed by atoms with Gasteiger partial charge in [-0.3, -0.25) is 4.79 Å². The molecule has 1 amide bonds. The Bertz CT molecular complexity index is 388. The van der Waals surface area contributed by atoms with E-state index in [1.807, 2.05) is 0 Å². The zero-order valence-corrected chi connectivity index (χ0v) is 10.5. The van der Waals surface area contributed by atoms with Gasteiger partial charge in [0.15, 0.2) is 0 Å². The molecule has 0 radical (unpaired) electrons. The molecule has 0 aliphatic heterocycles. The molecule has 1 N–H and O–H groups in total. The fourth-order valence-electron chi connectivity index (χ4n) is 1.25. The largest absolute Gasteiger partial charge is 0.340 e. The Morgan fingerprint density at radius 3 is 2.65 bits per heavy atom. The minimum atomic E-state index is -0.706. The van der Waals surface area contributed by atoms with Crippen molar-refractivity contribution in [3.8, 4) is 0 Å². The van der Waals surface area contributed by atoms with Gasteiger partial charge in [0, 0.05) is 20.1 Å². The summed E-state index contributed by atoms with van der Waals surface area (Å²) in [6.45, 7) is 1.03. The monoisotopic (exact) mass is 264 g/mol. The van der Waals surface area contributed by atoms with Crippen molar-refractivity contribution in [2.24, 2.45) is 0 Å². The third-order valence-electron chi connectivity index (χ3n) is 2.20. The summed E-state index contributed by atoms with van der Waals surface area (Å²) < 4.78 is 26.1. The number of hydrogen-bond acceptors (Lipinski definition) is 2. The molecule has 1 aromatic rings. The molecule has 0 unspecified atom stereocenters. The zero-order chi connectivity index (χ0) is 12.1. The molecule has 1 aromatic carbocycles. The summed E-state index contributed by atoms with van der Waals surface area (Å²) in [7, 11) is 3.30. The van der Waals surface area contributed by atoms with E-state index in [2.05, 4.69) is 5.32 Å². The summed E-state index contributed by atoms with van der Waals surface area (Å²) >= 11 is 0. The number of amides is 1. The summed E-state index contributed by atoms with van der Waals surface area (Å²) in [5, 5.41) is 2.87. The topological polar surface area (TPSA) is 32.3 Å². The number of nitrogens with one attached hydrogen (secondary N) is 1. The lowest BCUT2D eigenvalue weighted by Crippen LogP contribution is -2.33. The second-order valence-electron chi connectivity index (χ2n) is 3.45. The van der Waals surface area contributed by atoms with Crippen LogP contribution in [0.5, 0.6) is 0 Å². The van der Waals surface area contributed by atoms with Gasteiger partial charge in [-0.2, -0.15) is 0 Å². The van der Waals surface area contributed by atoms with E-state index in [9.17, 15) is 13.6 Å².